The van der Waals surface area contributed by atoms with Gasteiger partial charge in [0.05, 0.1) is 0 Å². The number of hydrogen-bond acceptors (Lipinski definition) is 3. The fraction of sp³-hybridized carbons (Fsp3) is 0.647. The maximum Gasteiger partial charge on any atom is 0.302 e. The van der Waals surface area contributed by atoms with Gasteiger partial charge in [-0.25, -0.2) is 0 Å². The second-order valence-corrected chi connectivity index (χ2v) is 6.74. The van der Waals surface area contributed by atoms with Crippen molar-refractivity contribution in [1.82, 2.24) is 0 Å². The van der Waals surface area contributed by atoms with E-state index in [0.717, 1.165) is 19.3 Å². The summed E-state index contributed by atoms with van der Waals surface area (Å²) in [6.45, 7) is 10.1. The Hall–Kier alpha value is -1.38. The zero-order valence-electron chi connectivity index (χ0n) is 12.7. The standard InChI is InChI=1S/C17H24O3/c1-11-6-5-7-13(10-20-12(2)18)16(19)8-15-14(11)9-17(15,3)4/h7,14-15H,1,5-6,8-10H2,2-4H3/t14-,15-/m1/s1. The van der Waals surface area contributed by atoms with E-state index in [1.54, 1.807) is 0 Å². The molecule has 3 nitrogen and oxygen atoms in total. The Kier molecular flexibility index (Phi) is 4.17. The van der Waals surface area contributed by atoms with Crippen LogP contribution in [0.4, 0.5) is 0 Å². The van der Waals surface area contributed by atoms with Gasteiger partial charge in [0.1, 0.15) is 6.61 Å². The lowest BCUT2D eigenvalue weighted by molar-refractivity contribution is -0.140. The number of fused-ring (bicyclic) bond motifs is 1. The van der Waals surface area contributed by atoms with Crippen molar-refractivity contribution in [3.05, 3.63) is 23.8 Å². The lowest BCUT2D eigenvalue weighted by Gasteiger charge is -2.52. The third-order valence-corrected chi connectivity index (χ3v) is 4.81. The maximum atomic E-state index is 12.4. The number of ether oxygens (including phenoxy) is 1. The summed E-state index contributed by atoms with van der Waals surface area (Å²) in [5.74, 6) is 0.644. The second-order valence-electron chi connectivity index (χ2n) is 6.74. The Morgan fingerprint density at radius 1 is 1.50 bits per heavy atom. The van der Waals surface area contributed by atoms with E-state index in [9.17, 15) is 9.59 Å². The highest BCUT2D eigenvalue weighted by Gasteiger charge is 2.48. The number of carbonyl (C=O) groups is 2. The second kappa shape index (κ2) is 5.55. The summed E-state index contributed by atoms with van der Waals surface area (Å²) in [6, 6.07) is 0. The molecule has 1 saturated carbocycles. The average molecular weight is 276 g/mol. The molecule has 20 heavy (non-hydrogen) atoms. The number of Topliss-reactive ketones (excluding diaryl/α,β-unsaturated/α-hetero) is 1. The van der Waals surface area contributed by atoms with Crippen molar-refractivity contribution in [3.63, 3.8) is 0 Å². The molecule has 2 aliphatic rings. The largest absolute Gasteiger partial charge is 0.461 e. The van der Waals surface area contributed by atoms with Crippen molar-refractivity contribution < 1.29 is 14.3 Å². The van der Waals surface area contributed by atoms with Crippen LogP contribution in [0.15, 0.2) is 23.8 Å². The maximum absolute atomic E-state index is 12.4. The van der Waals surface area contributed by atoms with Crippen LogP contribution in [0.1, 0.15) is 46.5 Å². The van der Waals surface area contributed by atoms with Gasteiger partial charge in [-0.15, -0.1) is 0 Å². The molecule has 0 amide bonds. The smallest absolute Gasteiger partial charge is 0.302 e. The molecule has 0 N–H and O–H groups in total. The fourth-order valence-corrected chi connectivity index (χ4v) is 3.47. The summed E-state index contributed by atoms with van der Waals surface area (Å²) >= 11 is 0. The molecule has 0 aromatic rings. The van der Waals surface area contributed by atoms with Crippen LogP contribution in [0, 0.1) is 17.3 Å². The quantitative estimate of drug-likeness (QED) is 0.573. The summed E-state index contributed by atoms with van der Waals surface area (Å²) < 4.78 is 5.00. The van der Waals surface area contributed by atoms with E-state index < -0.39 is 0 Å². The molecule has 0 radical (unpaired) electrons. The van der Waals surface area contributed by atoms with Crippen LogP contribution in [-0.2, 0) is 14.3 Å². The number of allylic oxidation sites excluding steroid dienone is 2. The molecule has 0 bridgehead atoms. The zero-order valence-corrected chi connectivity index (χ0v) is 12.7. The zero-order chi connectivity index (χ0) is 14.9. The Morgan fingerprint density at radius 2 is 2.20 bits per heavy atom. The molecule has 2 atom stereocenters. The first kappa shape index (κ1) is 15.0. The molecule has 0 aromatic carbocycles. The Balaban J connectivity index is 2.13. The van der Waals surface area contributed by atoms with E-state index in [-0.39, 0.29) is 23.8 Å². The van der Waals surface area contributed by atoms with Crippen LogP contribution in [0.25, 0.3) is 0 Å². The Bertz CT molecular complexity index is 471. The predicted octanol–water partition coefficient (Wildman–Crippen LogP) is 3.45. The summed E-state index contributed by atoms with van der Waals surface area (Å²) in [5.41, 5.74) is 2.13. The van der Waals surface area contributed by atoms with E-state index in [2.05, 4.69) is 20.4 Å². The van der Waals surface area contributed by atoms with Gasteiger partial charge in [-0.3, -0.25) is 9.59 Å². The Morgan fingerprint density at radius 3 is 2.80 bits per heavy atom. The van der Waals surface area contributed by atoms with Gasteiger partial charge < -0.3 is 4.74 Å². The summed E-state index contributed by atoms with van der Waals surface area (Å²) in [4.78, 5) is 23.4. The van der Waals surface area contributed by atoms with Gasteiger partial charge in [-0.1, -0.05) is 32.1 Å². The van der Waals surface area contributed by atoms with Gasteiger partial charge in [0.25, 0.3) is 0 Å². The molecule has 1 fully saturated rings. The molecular weight excluding hydrogens is 252 g/mol. The van der Waals surface area contributed by atoms with E-state index in [1.807, 2.05) is 6.08 Å². The average Bonchev–Trinajstić information content (AvgIpc) is 2.40. The number of hydrogen-bond donors (Lipinski definition) is 0. The fourth-order valence-electron chi connectivity index (χ4n) is 3.47. The van der Waals surface area contributed by atoms with Crippen LogP contribution in [0.5, 0.6) is 0 Å². The van der Waals surface area contributed by atoms with Crippen molar-refractivity contribution in [2.45, 2.75) is 46.5 Å². The number of carbonyl (C=O) groups excluding carboxylic acids is 2. The third-order valence-electron chi connectivity index (χ3n) is 4.81. The molecule has 0 spiro atoms. The van der Waals surface area contributed by atoms with Gasteiger partial charge in [0.2, 0.25) is 0 Å². The minimum atomic E-state index is -0.343. The topological polar surface area (TPSA) is 43.4 Å². The van der Waals surface area contributed by atoms with Crippen molar-refractivity contribution in [1.29, 1.82) is 0 Å². The molecule has 0 aliphatic heterocycles. The van der Waals surface area contributed by atoms with Crippen molar-refractivity contribution in [3.8, 4) is 0 Å². The van der Waals surface area contributed by atoms with Gasteiger partial charge in [-0.05, 0) is 36.5 Å². The summed E-state index contributed by atoms with van der Waals surface area (Å²) in [7, 11) is 0. The molecule has 0 heterocycles. The van der Waals surface area contributed by atoms with E-state index >= 15 is 0 Å². The monoisotopic (exact) mass is 276 g/mol. The molecule has 110 valence electrons. The van der Waals surface area contributed by atoms with Crippen LogP contribution in [0.2, 0.25) is 0 Å². The van der Waals surface area contributed by atoms with Gasteiger partial charge in [-0.2, -0.15) is 0 Å². The third kappa shape index (κ3) is 3.02. The van der Waals surface area contributed by atoms with Gasteiger partial charge in [0, 0.05) is 18.9 Å². The molecule has 3 heteroatoms. The molecule has 2 aliphatic carbocycles. The van der Waals surface area contributed by atoms with Crippen LogP contribution >= 0.6 is 0 Å². The minimum Gasteiger partial charge on any atom is -0.461 e. The van der Waals surface area contributed by atoms with Crippen molar-refractivity contribution in [2.75, 3.05) is 6.61 Å². The van der Waals surface area contributed by atoms with Crippen LogP contribution < -0.4 is 0 Å². The molecular formula is C17H24O3. The number of esters is 1. The number of rotatable bonds is 2. The van der Waals surface area contributed by atoms with Crippen LogP contribution in [0.3, 0.4) is 0 Å². The normalized spacial score (nSPS) is 29.2. The number of ketones is 1. The minimum absolute atomic E-state index is 0.110. The molecule has 0 aromatic heterocycles. The Labute approximate surface area is 121 Å². The van der Waals surface area contributed by atoms with Crippen LogP contribution in [-0.4, -0.2) is 18.4 Å². The molecule has 0 saturated heterocycles. The highest BCUT2D eigenvalue weighted by molar-refractivity contribution is 5.96. The molecule has 0 unspecified atom stereocenters. The van der Waals surface area contributed by atoms with Crippen molar-refractivity contribution in [2.24, 2.45) is 17.3 Å². The first-order chi connectivity index (χ1) is 9.31. The van der Waals surface area contributed by atoms with Gasteiger partial charge in [0.15, 0.2) is 5.78 Å². The summed E-state index contributed by atoms with van der Waals surface area (Å²) in [5, 5.41) is 0. The lowest BCUT2D eigenvalue weighted by Crippen LogP contribution is -2.45. The molecule has 2 rings (SSSR count). The van der Waals surface area contributed by atoms with Gasteiger partial charge >= 0.3 is 5.97 Å². The first-order valence-corrected chi connectivity index (χ1v) is 7.34. The lowest BCUT2D eigenvalue weighted by atomic mass is 9.52. The van der Waals surface area contributed by atoms with E-state index in [0.29, 0.717) is 23.8 Å². The highest BCUT2D eigenvalue weighted by atomic mass is 16.5. The first-order valence-electron chi connectivity index (χ1n) is 7.34. The predicted molar refractivity (Wildman–Crippen MR) is 78.1 cm³/mol. The van der Waals surface area contributed by atoms with E-state index in [4.69, 9.17) is 4.74 Å². The SMILES string of the molecule is C=C1CCC=C(COC(C)=O)C(=O)C[C@@H]2[C@@H]1CC2(C)C. The summed E-state index contributed by atoms with van der Waals surface area (Å²) in [6.07, 6.45) is 5.33. The van der Waals surface area contributed by atoms with E-state index in [1.165, 1.54) is 12.5 Å². The highest BCUT2D eigenvalue weighted by Crippen LogP contribution is 2.56. The van der Waals surface area contributed by atoms with Crippen molar-refractivity contribution >= 4 is 11.8 Å².